The summed E-state index contributed by atoms with van der Waals surface area (Å²) in [6.07, 6.45) is 2.65. The van der Waals surface area contributed by atoms with Crippen LogP contribution >= 0.6 is 0 Å². The van der Waals surface area contributed by atoms with Crippen molar-refractivity contribution in [1.29, 1.82) is 0 Å². The van der Waals surface area contributed by atoms with Gasteiger partial charge in [0.1, 0.15) is 5.78 Å². The number of fused-ring (bicyclic) bond motifs is 1. The van der Waals surface area contributed by atoms with Gasteiger partial charge in [-0.25, -0.2) is 0 Å². The van der Waals surface area contributed by atoms with Gasteiger partial charge in [-0.15, -0.1) is 0 Å². The van der Waals surface area contributed by atoms with Crippen LogP contribution < -0.4 is 0 Å². The van der Waals surface area contributed by atoms with Gasteiger partial charge in [-0.05, 0) is 25.7 Å². The summed E-state index contributed by atoms with van der Waals surface area (Å²) in [6, 6.07) is 0. The smallest absolute Gasteiger partial charge is 0.309 e. The first-order valence-electron chi connectivity index (χ1n) is 4.95. The maximum atomic E-state index is 11.3. The maximum Gasteiger partial charge on any atom is 0.309 e. The molecule has 3 nitrogen and oxygen atoms in total. The number of hydrogen-bond acceptors (Lipinski definition) is 3. The predicted octanol–water partition coefficient (Wildman–Crippen LogP) is 1.16. The van der Waals surface area contributed by atoms with E-state index < -0.39 is 0 Å². The lowest BCUT2D eigenvalue weighted by Crippen LogP contribution is -2.11. The van der Waals surface area contributed by atoms with Crippen molar-refractivity contribution in [3.05, 3.63) is 0 Å². The predicted molar refractivity (Wildman–Crippen MR) is 46.0 cm³/mol. The van der Waals surface area contributed by atoms with E-state index in [0.29, 0.717) is 18.9 Å². The Labute approximate surface area is 77.4 Å². The first-order chi connectivity index (χ1) is 6.25. The van der Waals surface area contributed by atoms with E-state index in [9.17, 15) is 9.59 Å². The molecular weight excluding hydrogens is 168 g/mol. The lowest BCUT2D eigenvalue weighted by molar-refractivity contribution is -0.146. The molecule has 72 valence electrons. The van der Waals surface area contributed by atoms with Crippen LogP contribution in [0, 0.1) is 17.8 Å². The fourth-order valence-corrected chi connectivity index (χ4v) is 2.41. The number of ether oxygens (including phenoxy) is 1. The Morgan fingerprint density at radius 1 is 1.62 bits per heavy atom. The minimum Gasteiger partial charge on any atom is -0.466 e. The number of Topliss-reactive ketones (excluding diaryl/α,β-unsaturated/α-hetero) is 1. The van der Waals surface area contributed by atoms with Crippen LogP contribution in [0.1, 0.15) is 26.2 Å². The van der Waals surface area contributed by atoms with Crippen molar-refractivity contribution in [2.75, 3.05) is 6.61 Å². The molecule has 0 amide bonds. The number of rotatable bonds is 2. The molecule has 0 aromatic heterocycles. The van der Waals surface area contributed by atoms with Gasteiger partial charge in [-0.2, -0.15) is 0 Å². The highest BCUT2D eigenvalue weighted by atomic mass is 16.5. The monoisotopic (exact) mass is 182 g/mol. The Kier molecular flexibility index (Phi) is 2.10. The van der Waals surface area contributed by atoms with Crippen LogP contribution in [0.3, 0.4) is 0 Å². The van der Waals surface area contributed by atoms with Crippen LogP contribution in [0.2, 0.25) is 0 Å². The molecule has 0 N–H and O–H groups in total. The summed E-state index contributed by atoms with van der Waals surface area (Å²) >= 11 is 0. The fraction of sp³-hybridized carbons (Fsp3) is 0.800. The van der Waals surface area contributed by atoms with Crippen LogP contribution in [0.25, 0.3) is 0 Å². The molecule has 2 aliphatic rings. The van der Waals surface area contributed by atoms with Crippen molar-refractivity contribution in [3.8, 4) is 0 Å². The summed E-state index contributed by atoms with van der Waals surface area (Å²) < 4.78 is 4.91. The number of ketones is 1. The molecule has 0 saturated heterocycles. The van der Waals surface area contributed by atoms with E-state index in [1.165, 1.54) is 0 Å². The van der Waals surface area contributed by atoms with Gasteiger partial charge < -0.3 is 4.74 Å². The molecule has 2 aliphatic carbocycles. The summed E-state index contributed by atoms with van der Waals surface area (Å²) in [5.74, 6) is 0.366. The van der Waals surface area contributed by atoms with Crippen LogP contribution in [0.5, 0.6) is 0 Å². The molecule has 0 unspecified atom stereocenters. The Morgan fingerprint density at radius 3 is 3.00 bits per heavy atom. The third kappa shape index (κ3) is 1.36. The van der Waals surface area contributed by atoms with Gasteiger partial charge in [0.05, 0.1) is 12.5 Å². The van der Waals surface area contributed by atoms with E-state index in [1.807, 2.05) is 0 Å². The van der Waals surface area contributed by atoms with Gasteiger partial charge in [0.15, 0.2) is 0 Å². The third-order valence-electron chi connectivity index (χ3n) is 3.06. The molecule has 2 rings (SSSR count). The number of carbonyl (C=O) groups excluding carboxylic acids is 2. The summed E-state index contributed by atoms with van der Waals surface area (Å²) in [4.78, 5) is 22.7. The zero-order valence-electron chi connectivity index (χ0n) is 7.79. The Hall–Kier alpha value is -0.860. The Balaban J connectivity index is 1.97. The molecule has 0 bridgehead atoms. The van der Waals surface area contributed by atoms with Crippen LogP contribution in [-0.2, 0) is 14.3 Å². The second-order valence-corrected chi connectivity index (χ2v) is 3.83. The highest BCUT2D eigenvalue weighted by Crippen LogP contribution is 2.54. The molecule has 0 radical (unpaired) electrons. The molecule has 0 heterocycles. The number of hydrogen-bond donors (Lipinski definition) is 0. The van der Waals surface area contributed by atoms with Gasteiger partial charge in [0, 0.05) is 12.3 Å². The van der Waals surface area contributed by atoms with Gasteiger partial charge in [0.25, 0.3) is 0 Å². The average Bonchev–Trinajstić information content (AvgIpc) is 2.80. The van der Waals surface area contributed by atoms with Crippen molar-refractivity contribution >= 4 is 11.8 Å². The summed E-state index contributed by atoms with van der Waals surface area (Å²) in [5, 5.41) is 0. The minimum absolute atomic E-state index is 0.0211. The van der Waals surface area contributed by atoms with E-state index in [0.717, 1.165) is 12.8 Å². The van der Waals surface area contributed by atoms with Crippen molar-refractivity contribution in [2.45, 2.75) is 26.2 Å². The standard InChI is InChI=1S/C10H14O3/c1-2-13-10(12)9-6-4-3-5-7(11)8(6)9/h6,8-9H,2-5H2,1H3/t6-,8-,9-/m0/s1. The topological polar surface area (TPSA) is 43.4 Å². The fourth-order valence-electron chi connectivity index (χ4n) is 2.41. The summed E-state index contributed by atoms with van der Waals surface area (Å²) in [7, 11) is 0. The van der Waals surface area contributed by atoms with E-state index in [-0.39, 0.29) is 23.6 Å². The van der Waals surface area contributed by atoms with Crippen molar-refractivity contribution < 1.29 is 14.3 Å². The Morgan fingerprint density at radius 2 is 2.38 bits per heavy atom. The first kappa shape index (κ1) is 8.73. The number of esters is 1. The van der Waals surface area contributed by atoms with E-state index >= 15 is 0 Å². The van der Waals surface area contributed by atoms with Crippen molar-refractivity contribution in [3.63, 3.8) is 0 Å². The quantitative estimate of drug-likeness (QED) is 0.602. The van der Waals surface area contributed by atoms with Gasteiger partial charge in [-0.3, -0.25) is 9.59 Å². The molecule has 3 atom stereocenters. The molecular formula is C10H14O3. The molecule has 3 heteroatoms. The zero-order valence-corrected chi connectivity index (χ0v) is 7.79. The highest BCUT2D eigenvalue weighted by molar-refractivity contribution is 5.93. The summed E-state index contributed by atoms with van der Waals surface area (Å²) in [5.41, 5.74) is 0. The van der Waals surface area contributed by atoms with Crippen LogP contribution in [0.15, 0.2) is 0 Å². The maximum absolute atomic E-state index is 11.3. The van der Waals surface area contributed by atoms with Gasteiger partial charge in [-0.1, -0.05) is 0 Å². The summed E-state index contributed by atoms with van der Waals surface area (Å²) in [6.45, 7) is 2.22. The van der Waals surface area contributed by atoms with E-state index in [4.69, 9.17) is 4.74 Å². The lowest BCUT2D eigenvalue weighted by atomic mass is 10.00. The van der Waals surface area contributed by atoms with Gasteiger partial charge >= 0.3 is 5.97 Å². The number of carbonyl (C=O) groups is 2. The highest BCUT2D eigenvalue weighted by Gasteiger charge is 2.60. The molecule has 0 aromatic carbocycles. The van der Waals surface area contributed by atoms with E-state index in [1.54, 1.807) is 6.92 Å². The second kappa shape index (κ2) is 3.13. The average molecular weight is 182 g/mol. The third-order valence-corrected chi connectivity index (χ3v) is 3.06. The van der Waals surface area contributed by atoms with Crippen molar-refractivity contribution in [2.24, 2.45) is 17.8 Å². The van der Waals surface area contributed by atoms with Crippen LogP contribution in [0.4, 0.5) is 0 Å². The first-order valence-corrected chi connectivity index (χ1v) is 4.95. The lowest BCUT2D eigenvalue weighted by Gasteiger charge is -2.04. The second-order valence-electron chi connectivity index (χ2n) is 3.83. The van der Waals surface area contributed by atoms with Crippen molar-refractivity contribution in [1.82, 2.24) is 0 Å². The normalized spacial score (nSPS) is 36.7. The van der Waals surface area contributed by atoms with Gasteiger partial charge in [0.2, 0.25) is 0 Å². The SMILES string of the molecule is CCOC(=O)[C@H]1[C@H]2CCCC(=O)[C@H]21. The minimum atomic E-state index is -0.159. The Bertz CT molecular complexity index is 247. The van der Waals surface area contributed by atoms with E-state index in [2.05, 4.69) is 0 Å². The molecule has 2 saturated carbocycles. The molecule has 13 heavy (non-hydrogen) atoms. The molecule has 0 aromatic rings. The molecule has 0 aliphatic heterocycles. The molecule has 2 fully saturated rings. The zero-order chi connectivity index (χ0) is 9.42. The largest absolute Gasteiger partial charge is 0.466 e. The van der Waals surface area contributed by atoms with Crippen LogP contribution in [-0.4, -0.2) is 18.4 Å². The molecule has 0 spiro atoms.